The second kappa shape index (κ2) is 6.38. The zero-order valence-electron chi connectivity index (χ0n) is 9.27. The van der Waals surface area contributed by atoms with Gasteiger partial charge in [0, 0.05) is 6.04 Å². The number of halogens is 3. The molecule has 6 heteroatoms. The lowest BCUT2D eigenvalue weighted by molar-refractivity contribution is -0.163. The number of nitrogens with one attached hydrogen (secondary N) is 1. The molecule has 0 aliphatic rings. The van der Waals surface area contributed by atoms with E-state index in [1.54, 1.807) is 0 Å². The van der Waals surface area contributed by atoms with Gasteiger partial charge in [-0.15, -0.1) is 6.42 Å². The van der Waals surface area contributed by atoms with Crippen LogP contribution in [-0.2, 0) is 4.79 Å². The van der Waals surface area contributed by atoms with Gasteiger partial charge in [0.15, 0.2) is 0 Å². The first-order chi connectivity index (χ1) is 7.28. The Bertz CT molecular complexity index is 268. The first kappa shape index (κ1) is 14.8. The largest absolute Gasteiger partial charge is 0.406 e. The van der Waals surface area contributed by atoms with Gasteiger partial charge in [0.05, 0.1) is 13.1 Å². The van der Waals surface area contributed by atoms with Gasteiger partial charge in [-0.25, -0.2) is 0 Å². The van der Waals surface area contributed by atoms with Crippen LogP contribution in [-0.4, -0.2) is 42.7 Å². The lowest BCUT2D eigenvalue weighted by Gasteiger charge is -2.27. The lowest BCUT2D eigenvalue weighted by Crippen LogP contribution is -2.46. The molecule has 0 aromatic heterocycles. The highest BCUT2D eigenvalue weighted by atomic mass is 19.4. The highest BCUT2D eigenvalue weighted by molar-refractivity contribution is 5.78. The number of hydrogen-bond acceptors (Lipinski definition) is 2. The van der Waals surface area contributed by atoms with E-state index in [-0.39, 0.29) is 13.1 Å². The lowest BCUT2D eigenvalue weighted by atomic mass is 10.3. The zero-order valence-corrected chi connectivity index (χ0v) is 9.27. The number of alkyl halides is 3. The molecule has 0 fully saturated rings. The maximum absolute atomic E-state index is 12.2. The summed E-state index contributed by atoms with van der Waals surface area (Å²) < 4.78 is 36.5. The maximum Gasteiger partial charge on any atom is 0.406 e. The molecule has 92 valence electrons. The molecule has 1 N–H and O–H groups in total. The van der Waals surface area contributed by atoms with E-state index >= 15 is 0 Å². The predicted octanol–water partition coefficient (Wildman–Crippen LogP) is 1.01. The number of hydrogen-bond donors (Lipinski definition) is 1. The second-order valence-corrected chi connectivity index (χ2v) is 3.54. The van der Waals surface area contributed by atoms with Gasteiger partial charge in [0.2, 0.25) is 5.91 Å². The second-order valence-electron chi connectivity index (χ2n) is 3.54. The quantitative estimate of drug-likeness (QED) is 0.570. The minimum atomic E-state index is -4.38. The van der Waals surface area contributed by atoms with Crippen molar-refractivity contribution in [1.29, 1.82) is 0 Å². The smallest absolute Gasteiger partial charge is 0.330 e. The van der Waals surface area contributed by atoms with E-state index in [0.717, 1.165) is 4.90 Å². The monoisotopic (exact) mass is 236 g/mol. The summed E-state index contributed by atoms with van der Waals surface area (Å²) in [6.07, 6.45) is 0.552. The average molecular weight is 236 g/mol. The molecule has 0 radical (unpaired) electrons. The Balaban J connectivity index is 4.32. The molecule has 0 saturated carbocycles. The summed E-state index contributed by atoms with van der Waals surface area (Å²) in [5.74, 6) is 1.63. The Hall–Kier alpha value is -1.22. The van der Waals surface area contributed by atoms with Gasteiger partial charge < -0.3 is 4.90 Å². The van der Waals surface area contributed by atoms with E-state index in [4.69, 9.17) is 6.42 Å². The summed E-state index contributed by atoms with van der Waals surface area (Å²) >= 11 is 0. The van der Waals surface area contributed by atoms with E-state index in [9.17, 15) is 18.0 Å². The van der Waals surface area contributed by atoms with Crippen molar-refractivity contribution in [3.8, 4) is 12.3 Å². The standard InChI is InChI=1S/C10H15F3N2O/c1-4-5-14-6-9(16)15(8(2)3)7-10(11,12)13/h1,8,14H,5-7H2,2-3H3. The van der Waals surface area contributed by atoms with Crippen LogP contribution in [0.1, 0.15) is 13.8 Å². The molecule has 0 aliphatic heterocycles. The summed E-state index contributed by atoms with van der Waals surface area (Å²) in [6.45, 7) is 1.80. The fourth-order valence-electron chi connectivity index (χ4n) is 1.10. The Kier molecular flexibility index (Phi) is 5.89. The van der Waals surface area contributed by atoms with Crippen molar-refractivity contribution in [1.82, 2.24) is 10.2 Å². The predicted molar refractivity (Wildman–Crippen MR) is 54.6 cm³/mol. The van der Waals surface area contributed by atoms with E-state index in [0.29, 0.717) is 0 Å². The summed E-state index contributed by atoms with van der Waals surface area (Å²) in [5, 5.41) is 2.56. The van der Waals surface area contributed by atoms with Gasteiger partial charge in [0.25, 0.3) is 0 Å². The summed E-state index contributed by atoms with van der Waals surface area (Å²) in [7, 11) is 0. The van der Waals surface area contributed by atoms with Crippen LogP contribution >= 0.6 is 0 Å². The molecule has 3 nitrogen and oxygen atoms in total. The fraction of sp³-hybridized carbons (Fsp3) is 0.700. The molecule has 0 aromatic carbocycles. The number of carbonyl (C=O) groups excluding carboxylic acids is 1. The third kappa shape index (κ3) is 6.30. The molecule has 0 heterocycles. The molecule has 0 unspecified atom stereocenters. The van der Waals surface area contributed by atoms with Crippen LogP contribution in [0.5, 0.6) is 0 Å². The summed E-state index contributed by atoms with van der Waals surface area (Å²) in [5.41, 5.74) is 0. The molecular formula is C10H15F3N2O. The molecule has 0 aromatic rings. The van der Waals surface area contributed by atoms with Crippen LogP contribution < -0.4 is 5.32 Å². The van der Waals surface area contributed by atoms with Gasteiger partial charge in [-0.3, -0.25) is 10.1 Å². The number of nitrogens with zero attached hydrogens (tertiary/aromatic N) is 1. The fourth-order valence-corrected chi connectivity index (χ4v) is 1.10. The molecule has 0 aliphatic carbocycles. The van der Waals surface area contributed by atoms with Gasteiger partial charge in [-0.05, 0) is 13.8 Å². The molecule has 0 saturated heterocycles. The van der Waals surface area contributed by atoms with Crippen molar-refractivity contribution in [2.24, 2.45) is 0 Å². The average Bonchev–Trinajstić information content (AvgIpc) is 2.12. The van der Waals surface area contributed by atoms with Gasteiger partial charge in [0.1, 0.15) is 6.54 Å². The van der Waals surface area contributed by atoms with Gasteiger partial charge in [-0.1, -0.05) is 5.92 Å². The van der Waals surface area contributed by atoms with Crippen LogP contribution in [0.2, 0.25) is 0 Å². The van der Waals surface area contributed by atoms with Crippen molar-refractivity contribution in [3.63, 3.8) is 0 Å². The van der Waals surface area contributed by atoms with Crippen LogP contribution in [0.4, 0.5) is 13.2 Å². The van der Waals surface area contributed by atoms with Crippen LogP contribution in [0.15, 0.2) is 0 Å². The molecule has 0 atom stereocenters. The van der Waals surface area contributed by atoms with E-state index in [2.05, 4.69) is 11.2 Å². The van der Waals surface area contributed by atoms with Crippen molar-refractivity contribution < 1.29 is 18.0 Å². The van der Waals surface area contributed by atoms with Crippen molar-refractivity contribution in [2.45, 2.75) is 26.1 Å². The highest BCUT2D eigenvalue weighted by Crippen LogP contribution is 2.17. The van der Waals surface area contributed by atoms with Crippen LogP contribution in [0.3, 0.4) is 0 Å². The first-order valence-electron chi connectivity index (χ1n) is 4.78. The van der Waals surface area contributed by atoms with Crippen LogP contribution in [0.25, 0.3) is 0 Å². The number of amides is 1. The molecule has 0 spiro atoms. The SMILES string of the molecule is C#CCNCC(=O)N(CC(F)(F)F)C(C)C. The van der Waals surface area contributed by atoms with E-state index < -0.39 is 24.7 Å². The van der Waals surface area contributed by atoms with Crippen molar-refractivity contribution in [3.05, 3.63) is 0 Å². The summed E-state index contributed by atoms with van der Waals surface area (Å²) in [6, 6.07) is -0.498. The van der Waals surface area contributed by atoms with Crippen molar-refractivity contribution in [2.75, 3.05) is 19.6 Å². The minimum absolute atomic E-state index is 0.156. The molecular weight excluding hydrogens is 221 g/mol. The third-order valence-electron chi connectivity index (χ3n) is 1.80. The summed E-state index contributed by atoms with van der Waals surface area (Å²) in [4.78, 5) is 12.2. The number of carbonyl (C=O) groups is 1. The molecule has 0 rings (SSSR count). The Labute approximate surface area is 93.0 Å². The Morgan fingerprint density at radius 1 is 1.50 bits per heavy atom. The normalized spacial score (nSPS) is 11.3. The Morgan fingerprint density at radius 2 is 2.06 bits per heavy atom. The Morgan fingerprint density at radius 3 is 2.44 bits per heavy atom. The maximum atomic E-state index is 12.2. The third-order valence-corrected chi connectivity index (χ3v) is 1.80. The van der Waals surface area contributed by atoms with E-state index in [1.807, 2.05) is 0 Å². The van der Waals surface area contributed by atoms with Gasteiger partial charge >= 0.3 is 6.18 Å². The highest BCUT2D eigenvalue weighted by Gasteiger charge is 2.33. The minimum Gasteiger partial charge on any atom is -0.330 e. The van der Waals surface area contributed by atoms with Crippen LogP contribution in [0, 0.1) is 12.3 Å². The first-order valence-corrected chi connectivity index (χ1v) is 4.78. The number of terminal acetylenes is 1. The zero-order chi connectivity index (χ0) is 12.8. The number of rotatable bonds is 5. The van der Waals surface area contributed by atoms with Gasteiger partial charge in [-0.2, -0.15) is 13.2 Å². The molecule has 1 amide bonds. The van der Waals surface area contributed by atoms with Crippen molar-refractivity contribution >= 4 is 5.91 Å². The molecule has 16 heavy (non-hydrogen) atoms. The van der Waals surface area contributed by atoms with E-state index in [1.165, 1.54) is 13.8 Å². The topological polar surface area (TPSA) is 32.3 Å². The molecule has 0 bridgehead atoms.